The number of morpholine rings is 1. The van der Waals surface area contributed by atoms with Crippen molar-refractivity contribution in [2.24, 2.45) is 0 Å². The van der Waals surface area contributed by atoms with Crippen LogP contribution in [0.15, 0.2) is 29.6 Å². The Morgan fingerprint density at radius 1 is 1.28 bits per heavy atom. The number of hydrogen-bond donors (Lipinski definition) is 0. The van der Waals surface area contributed by atoms with Gasteiger partial charge in [0.05, 0.1) is 24.8 Å². The van der Waals surface area contributed by atoms with E-state index in [1.165, 1.54) is 9.75 Å². The highest BCUT2D eigenvalue weighted by Gasteiger charge is 2.43. The summed E-state index contributed by atoms with van der Waals surface area (Å²) in [4.78, 5) is 19.2. The Kier molecular flexibility index (Phi) is 4.92. The number of hydrogen-bond acceptors (Lipinski definition) is 6. The Balaban J connectivity index is 1.53. The molecule has 4 rings (SSSR count). The number of ether oxygens (including phenoxy) is 2. The van der Waals surface area contributed by atoms with Gasteiger partial charge in [0, 0.05) is 29.4 Å². The van der Waals surface area contributed by atoms with Gasteiger partial charge in [-0.25, -0.2) is 0 Å². The van der Waals surface area contributed by atoms with Crippen molar-refractivity contribution < 1.29 is 14.3 Å². The highest BCUT2D eigenvalue weighted by Crippen LogP contribution is 2.32. The van der Waals surface area contributed by atoms with Crippen molar-refractivity contribution in [1.82, 2.24) is 4.90 Å². The van der Waals surface area contributed by atoms with Crippen LogP contribution >= 0.6 is 22.7 Å². The Morgan fingerprint density at radius 2 is 2.20 bits per heavy atom. The van der Waals surface area contributed by atoms with E-state index in [2.05, 4.69) is 35.4 Å². The molecule has 1 spiro atoms. The summed E-state index contributed by atoms with van der Waals surface area (Å²) in [5.74, 6) is 0.0292. The molecule has 2 aromatic rings. The number of carbonyl (C=O) groups is 1. The van der Waals surface area contributed by atoms with Crippen molar-refractivity contribution in [2.45, 2.75) is 19.1 Å². The van der Waals surface area contributed by atoms with Gasteiger partial charge >= 0.3 is 0 Å². The number of carbonyl (C=O) groups excluding carboxylic acids is 1. The first-order valence-electron chi connectivity index (χ1n) is 8.47. The molecule has 2 fully saturated rings. The van der Waals surface area contributed by atoms with Crippen LogP contribution in [-0.2, 0) is 20.8 Å². The van der Waals surface area contributed by atoms with Crippen LogP contribution in [0.25, 0.3) is 0 Å². The van der Waals surface area contributed by atoms with E-state index in [0.29, 0.717) is 19.8 Å². The second kappa shape index (κ2) is 7.17. The van der Waals surface area contributed by atoms with E-state index in [1.54, 1.807) is 22.7 Å². The van der Waals surface area contributed by atoms with Crippen molar-refractivity contribution in [3.05, 3.63) is 39.4 Å². The van der Waals surface area contributed by atoms with Crippen LogP contribution in [0.1, 0.15) is 9.75 Å². The van der Waals surface area contributed by atoms with E-state index < -0.39 is 5.60 Å². The molecule has 134 valence electrons. The van der Waals surface area contributed by atoms with Crippen molar-refractivity contribution in [2.75, 3.05) is 44.4 Å². The summed E-state index contributed by atoms with van der Waals surface area (Å²) >= 11 is 3.42. The maximum absolute atomic E-state index is 12.4. The second-order valence-electron chi connectivity index (χ2n) is 6.68. The standard InChI is InChI=1S/C18H22N2O3S2/c1-14-4-5-17(25-14)20-12-18(23-10-16(20)21)11-19(6-7-22-13-18)9-15-3-2-8-24-15/h2-5,8H,6-7,9-13H2,1H3. The molecule has 0 bridgehead atoms. The van der Waals surface area contributed by atoms with Crippen LogP contribution in [0.2, 0.25) is 0 Å². The first kappa shape index (κ1) is 17.2. The summed E-state index contributed by atoms with van der Waals surface area (Å²) in [6.45, 7) is 6.52. The molecule has 1 unspecified atom stereocenters. The Morgan fingerprint density at radius 3 is 2.96 bits per heavy atom. The summed E-state index contributed by atoms with van der Waals surface area (Å²) in [5, 5.41) is 3.11. The van der Waals surface area contributed by atoms with Gasteiger partial charge < -0.3 is 9.47 Å². The second-order valence-corrected chi connectivity index (χ2v) is 8.98. The molecule has 4 heterocycles. The molecular weight excluding hydrogens is 356 g/mol. The molecule has 2 saturated heterocycles. The van der Waals surface area contributed by atoms with Crippen LogP contribution in [0.3, 0.4) is 0 Å². The molecule has 1 atom stereocenters. The van der Waals surface area contributed by atoms with E-state index >= 15 is 0 Å². The number of thiophene rings is 2. The van der Waals surface area contributed by atoms with Crippen molar-refractivity contribution in [3.63, 3.8) is 0 Å². The lowest BCUT2D eigenvalue weighted by atomic mass is 10.0. The monoisotopic (exact) mass is 378 g/mol. The van der Waals surface area contributed by atoms with Crippen LogP contribution in [-0.4, -0.2) is 55.9 Å². The Bertz CT molecular complexity index is 731. The van der Waals surface area contributed by atoms with Gasteiger partial charge in [0.15, 0.2) is 0 Å². The molecule has 5 nitrogen and oxygen atoms in total. The van der Waals surface area contributed by atoms with Gasteiger partial charge in [-0.1, -0.05) is 6.07 Å². The lowest BCUT2D eigenvalue weighted by Crippen LogP contribution is -2.60. The van der Waals surface area contributed by atoms with Crippen LogP contribution < -0.4 is 4.90 Å². The van der Waals surface area contributed by atoms with Gasteiger partial charge in [-0.05, 0) is 30.5 Å². The summed E-state index contributed by atoms with van der Waals surface area (Å²) in [6.07, 6.45) is 0. The molecule has 0 radical (unpaired) electrons. The van der Waals surface area contributed by atoms with Gasteiger partial charge in [0.2, 0.25) is 0 Å². The number of amides is 1. The normalized spacial score (nSPS) is 25.5. The largest absolute Gasteiger partial charge is 0.377 e. The molecule has 0 aliphatic carbocycles. The van der Waals surface area contributed by atoms with Crippen LogP contribution in [0.4, 0.5) is 5.00 Å². The molecule has 2 aliphatic rings. The highest BCUT2D eigenvalue weighted by atomic mass is 32.1. The van der Waals surface area contributed by atoms with E-state index in [1.807, 2.05) is 11.0 Å². The SMILES string of the molecule is Cc1ccc(N2CC3(COCCN(Cc4cccs4)C3)OCC2=O)s1. The minimum Gasteiger partial charge on any atom is -0.377 e. The number of nitrogens with zero attached hydrogens (tertiary/aromatic N) is 2. The molecule has 0 aromatic carbocycles. The fourth-order valence-corrected chi connectivity index (χ4v) is 5.03. The lowest BCUT2D eigenvalue weighted by molar-refractivity contribution is -0.146. The average molecular weight is 379 g/mol. The molecule has 25 heavy (non-hydrogen) atoms. The number of aryl methyl sites for hydroxylation is 1. The number of anilines is 1. The number of rotatable bonds is 3. The van der Waals surface area contributed by atoms with Crippen LogP contribution in [0.5, 0.6) is 0 Å². The molecule has 2 aromatic heterocycles. The third kappa shape index (κ3) is 3.80. The van der Waals surface area contributed by atoms with Gasteiger partial charge in [0.25, 0.3) is 5.91 Å². The predicted octanol–water partition coefficient (Wildman–Crippen LogP) is 2.75. The summed E-state index contributed by atoms with van der Waals surface area (Å²) in [7, 11) is 0. The van der Waals surface area contributed by atoms with Gasteiger partial charge in [0.1, 0.15) is 12.2 Å². The lowest BCUT2D eigenvalue weighted by Gasteiger charge is -2.42. The third-order valence-corrected chi connectivity index (χ3v) is 6.51. The molecule has 0 N–H and O–H groups in total. The zero-order valence-corrected chi connectivity index (χ0v) is 15.9. The minimum absolute atomic E-state index is 0.0292. The quantitative estimate of drug-likeness (QED) is 0.824. The molecule has 1 amide bonds. The first-order valence-corrected chi connectivity index (χ1v) is 10.2. The van der Waals surface area contributed by atoms with E-state index in [9.17, 15) is 4.79 Å². The minimum atomic E-state index is -0.459. The summed E-state index contributed by atoms with van der Waals surface area (Å²) < 4.78 is 11.9. The zero-order chi connectivity index (χ0) is 17.3. The first-order chi connectivity index (χ1) is 12.1. The fraction of sp³-hybridized carbons (Fsp3) is 0.500. The molecule has 7 heteroatoms. The van der Waals surface area contributed by atoms with Gasteiger partial charge in [-0.3, -0.25) is 14.6 Å². The maximum Gasteiger partial charge on any atom is 0.253 e. The van der Waals surface area contributed by atoms with Gasteiger partial charge in [-0.15, -0.1) is 22.7 Å². The van der Waals surface area contributed by atoms with Crippen LogP contribution in [0, 0.1) is 6.92 Å². The van der Waals surface area contributed by atoms with Crippen molar-refractivity contribution >= 4 is 33.6 Å². The fourth-order valence-electron chi connectivity index (χ4n) is 3.41. The van der Waals surface area contributed by atoms with E-state index in [-0.39, 0.29) is 12.5 Å². The maximum atomic E-state index is 12.4. The van der Waals surface area contributed by atoms with E-state index in [0.717, 1.165) is 24.6 Å². The van der Waals surface area contributed by atoms with Gasteiger partial charge in [-0.2, -0.15) is 0 Å². The summed E-state index contributed by atoms with van der Waals surface area (Å²) in [5.41, 5.74) is -0.459. The third-order valence-electron chi connectivity index (χ3n) is 4.63. The van der Waals surface area contributed by atoms with E-state index in [4.69, 9.17) is 9.47 Å². The molecule has 0 saturated carbocycles. The van der Waals surface area contributed by atoms with Crippen molar-refractivity contribution in [1.29, 1.82) is 0 Å². The summed E-state index contributed by atoms with van der Waals surface area (Å²) in [6, 6.07) is 8.33. The zero-order valence-electron chi connectivity index (χ0n) is 14.3. The Hall–Kier alpha value is -1.25. The average Bonchev–Trinajstić information content (AvgIpc) is 3.21. The highest BCUT2D eigenvalue weighted by molar-refractivity contribution is 7.16. The predicted molar refractivity (Wildman–Crippen MR) is 101 cm³/mol. The van der Waals surface area contributed by atoms with Crippen molar-refractivity contribution in [3.8, 4) is 0 Å². The Labute approximate surface area is 155 Å². The molecular formula is C18H22N2O3S2. The topological polar surface area (TPSA) is 42.0 Å². The smallest absolute Gasteiger partial charge is 0.253 e. The molecule has 2 aliphatic heterocycles.